The van der Waals surface area contributed by atoms with Crippen molar-refractivity contribution in [2.24, 2.45) is 0 Å². The standard InChI is InChI=1S/C8H14.C2H6/c1-4-5-6-7-8(2)3;1-2/h4-5H,2,6-7H2,1,3H3;1-2H3/b5-4+;. The summed E-state index contributed by atoms with van der Waals surface area (Å²) in [6.45, 7) is 11.9. The molecule has 0 aromatic rings. The Balaban J connectivity index is 0. The number of rotatable bonds is 3. The molecule has 0 aliphatic heterocycles. The molecule has 0 atom stereocenters. The maximum Gasteiger partial charge on any atom is -0.0291 e. The van der Waals surface area contributed by atoms with Crippen LogP contribution in [-0.2, 0) is 0 Å². The first-order chi connectivity index (χ1) is 4.77. The molecule has 0 N–H and O–H groups in total. The lowest BCUT2D eigenvalue weighted by molar-refractivity contribution is 0.982. The van der Waals surface area contributed by atoms with Crippen LogP contribution in [0.1, 0.15) is 40.5 Å². The molecule has 0 aromatic heterocycles. The highest BCUT2D eigenvalue weighted by atomic mass is 13.9. The Morgan fingerprint density at radius 2 is 1.90 bits per heavy atom. The molecule has 0 rings (SSSR count). The van der Waals surface area contributed by atoms with E-state index in [0.29, 0.717) is 0 Å². The van der Waals surface area contributed by atoms with Crippen molar-refractivity contribution in [3.05, 3.63) is 24.3 Å². The van der Waals surface area contributed by atoms with E-state index >= 15 is 0 Å². The molecule has 0 unspecified atom stereocenters. The molecule has 0 saturated carbocycles. The number of hydrogen-bond acceptors (Lipinski definition) is 0. The summed E-state index contributed by atoms with van der Waals surface area (Å²) >= 11 is 0. The smallest absolute Gasteiger partial charge is 0.0291 e. The third-order valence-electron chi connectivity index (χ3n) is 0.973. The SMILES string of the molecule is C=C(C)CC/C=C/C.CC. The topological polar surface area (TPSA) is 0 Å². The molecule has 0 bridgehead atoms. The highest BCUT2D eigenvalue weighted by Crippen LogP contribution is 1.99. The zero-order valence-corrected chi connectivity index (χ0v) is 7.78. The van der Waals surface area contributed by atoms with Gasteiger partial charge in [0.2, 0.25) is 0 Å². The van der Waals surface area contributed by atoms with Gasteiger partial charge in [-0.15, -0.1) is 6.58 Å². The zero-order valence-electron chi connectivity index (χ0n) is 7.78. The first-order valence-corrected chi connectivity index (χ1v) is 4.03. The van der Waals surface area contributed by atoms with Gasteiger partial charge in [-0.25, -0.2) is 0 Å². The van der Waals surface area contributed by atoms with Gasteiger partial charge in [0.05, 0.1) is 0 Å². The van der Waals surface area contributed by atoms with Gasteiger partial charge in [-0.2, -0.15) is 0 Å². The molecule has 60 valence electrons. The van der Waals surface area contributed by atoms with Gasteiger partial charge in [0.1, 0.15) is 0 Å². The molecule has 0 aliphatic rings. The van der Waals surface area contributed by atoms with E-state index in [0.717, 1.165) is 12.8 Å². The first kappa shape index (κ1) is 12.2. The second-order valence-corrected chi connectivity index (χ2v) is 2.06. The Morgan fingerprint density at radius 1 is 1.40 bits per heavy atom. The minimum atomic E-state index is 1.13. The summed E-state index contributed by atoms with van der Waals surface area (Å²) in [5.74, 6) is 0. The molecule has 0 aromatic carbocycles. The summed E-state index contributed by atoms with van der Waals surface area (Å²) in [5, 5.41) is 0. The Bertz CT molecular complexity index is 88.2. The van der Waals surface area contributed by atoms with E-state index in [4.69, 9.17) is 0 Å². The predicted octanol–water partition coefficient (Wildman–Crippen LogP) is 3.95. The fourth-order valence-electron chi connectivity index (χ4n) is 0.496. The van der Waals surface area contributed by atoms with Crippen LogP contribution in [0.3, 0.4) is 0 Å². The summed E-state index contributed by atoms with van der Waals surface area (Å²) in [7, 11) is 0. The normalized spacial score (nSPS) is 8.80. The van der Waals surface area contributed by atoms with Gasteiger partial charge in [-0.1, -0.05) is 31.6 Å². The van der Waals surface area contributed by atoms with Crippen LogP contribution in [0, 0.1) is 0 Å². The molecular formula is C10H20. The highest BCUT2D eigenvalue weighted by molar-refractivity contribution is 4.91. The maximum atomic E-state index is 3.79. The molecule has 0 heterocycles. The Labute approximate surface area is 65.7 Å². The molecule has 0 nitrogen and oxygen atoms in total. The van der Waals surface area contributed by atoms with E-state index in [1.165, 1.54) is 5.57 Å². The summed E-state index contributed by atoms with van der Waals surface area (Å²) in [5.41, 5.74) is 1.27. The second-order valence-electron chi connectivity index (χ2n) is 2.06. The quantitative estimate of drug-likeness (QED) is 0.521. The third-order valence-corrected chi connectivity index (χ3v) is 0.973. The van der Waals surface area contributed by atoms with Crippen LogP contribution in [0.2, 0.25) is 0 Å². The summed E-state index contributed by atoms with van der Waals surface area (Å²) in [4.78, 5) is 0. The first-order valence-electron chi connectivity index (χ1n) is 4.03. The van der Waals surface area contributed by atoms with Crippen molar-refractivity contribution in [3.8, 4) is 0 Å². The van der Waals surface area contributed by atoms with Crippen LogP contribution < -0.4 is 0 Å². The van der Waals surface area contributed by atoms with Crippen molar-refractivity contribution in [1.29, 1.82) is 0 Å². The second kappa shape index (κ2) is 11.3. The van der Waals surface area contributed by atoms with Crippen LogP contribution in [0.5, 0.6) is 0 Å². The van der Waals surface area contributed by atoms with E-state index in [-0.39, 0.29) is 0 Å². The lowest BCUT2D eigenvalue weighted by Gasteiger charge is -1.90. The van der Waals surface area contributed by atoms with Crippen LogP contribution in [-0.4, -0.2) is 0 Å². The summed E-state index contributed by atoms with van der Waals surface area (Å²) < 4.78 is 0. The van der Waals surface area contributed by atoms with Crippen molar-refractivity contribution in [2.45, 2.75) is 40.5 Å². The lowest BCUT2D eigenvalue weighted by Crippen LogP contribution is -1.69. The van der Waals surface area contributed by atoms with Gasteiger partial charge in [-0.3, -0.25) is 0 Å². The Morgan fingerprint density at radius 3 is 2.20 bits per heavy atom. The van der Waals surface area contributed by atoms with E-state index < -0.39 is 0 Å². The lowest BCUT2D eigenvalue weighted by atomic mass is 10.2. The zero-order chi connectivity index (χ0) is 8.41. The molecule has 0 radical (unpaired) electrons. The van der Waals surface area contributed by atoms with Crippen molar-refractivity contribution < 1.29 is 0 Å². The molecule has 10 heavy (non-hydrogen) atoms. The number of allylic oxidation sites excluding steroid dienone is 3. The molecule has 0 aliphatic carbocycles. The summed E-state index contributed by atoms with van der Waals surface area (Å²) in [6.07, 6.45) is 6.51. The van der Waals surface area contributed by atoms with Crippen molar-refractivity contribution in [3.63, 3.8) is 0 Å². The van der Waals surface area contributed by atoms with E-state index in [1.807, 2.05) is 20.8 Å². The van der Waals surface area contributed by atoms with Gasteiger partial charge in [0.25, 0.3) is 0 Å². The van der Waals surface area contributed by atoms with E-state index in [9.17, 15) is 0 Å². The minimum Gasteiger partial charge on any atom is -0.100 e. The van der Waals surface area contributed by atoms with E-state index in [1.54, 1.807) is 0 Å². The van der Waals surface area contributed by atoms with Gasteiger partial charge < -0.3 is 0 Å². The van der Waals surface area contributed by atoms with Crippen LogP contribution in [0.15, 0.2) is 24.3 Å². The molecule has 0 amide bonds. The molecule has 0 saturated heterocycles. The van der Waals surface area contributed by atoms with Crippen LogP contribution in [0.4, 0.5) is 0 Å². The molecule has 0 fully saturated rings. The predicted molar refractivity (Wildman–Crippen MR) is 50.2 cm³/mol. The Hall–Kier alpha value is -0.520. The van der Waals surface area contributed by atoms with Crippen LogP contribution >= 0.6 is 0 Å². The largest absolute Gasteiger partial charge is 0.100 e. The van der Waals surface area contributed by atoms with Crippen molar-refractivity contribution >= 4 is 0 Å². The molecular weight excluding hydrogens is 120 g/mol. The van der Waals surface area contributed by atoms with E-state index in [2.05, 4.69) is 25.7 Å². The average molecular weight is 140 g/mol. The highest BCUT2D eigenvalue weighted by Gasteiger charge is 1.79. The fraction of sp³-hybridized carbons (Fsp3) is 0.600. The minimum absolute atomic E-state index is 1.13. The monoisotopic (exact) mass is 140 g/mol. The van der Waals surface area contributed by atoms with Gasteiger partial charge in [0, 0.05) is 0 Å². The fourth-order valence-corrected chi connectivity index (χ4v) is 0.496. The van der Waals surface area contributed by atoms with Gasteiger partial charge in [-0.05, 0) is 26.7 Å². The van der Waals surface area contributed by atoms with Crippen molar-refractivity contribution in [1.82, 2.24) is 0 Å². The summed E-state index contributed by atoms with van der Waals surface area (Å²) in [6, 6.07) is 0. The average Bonchev–Trinajstić information content (AvgIpc) is 1.92. The van der Waals surface area contributed by atoms with Gasteiger partial charge >= 0.3 is 0 Å². The Kier molecular flexibility index (Phi) is 13.8. The van der Waals surface area contributed by atoms with Gasteiger partial charge in [0.15, 0.2) is 0 Å². The van der Waals surface area contributed by atoms with Crippen molar-refractivity contribution in [2.75, 3.05) is 0 Å². The maximum absolute atomic E-state index is 3.79. The number of hydrogen-bond donors (Lipinski definition) is 0. The molecule has 0 heteroatoms. The molecule has 0 spiro atoms. The third kappa shape index (κ3) is 15.6. The van der Waals surface area contributed by atoms with Crippen LogP contribution in [0.25, 0.3) is 0 Å².